The van der Waals surface area contributed by atoms with Gasteiger partial charge in [0.15, 0.2) is 0 Å². The predicted octanol–water partition coefficient (Wildman–Crippen LogP) is 3.41. The highest BCUT2D eigenvalue weighted by atomic mass is 79.9. The molecule has 0 radical (unpaired) electrons. The van der Waals surface area contributed by atoms with E-state index in [1.807, 2.05) is 5.32 Å². The lowest BCUT2D eigenvalue weighted by atomic mass is 10.3. The van der Waals surface area contributed by atoms with Crippen molar-refractivity contribution in [1.82, 2.24) is 5.32 Å². The van der Waals surface area contributed by atoms with Gasteiger partial charge >= 0.3 is 12.2 Å². The summed E-state index contributed by atoms with van der Waals surface area (Å²) in [6, 6.07) is 0.0986. The fraction of sp³-hybridized carbons (Fsp3) is 0.222. The number of benzene rings is 1. The van der Waals surface area contributed by atoms with E-state index >= 15 is 0 Å². The van der Waals surface area contributed by atoms with E-state index in [0.717, 1.165) is 6.07 Å². The van der Waals surface area contributed by atoms with Crippen LogP contribution in [0.25, 0.3) is 0 Å². The first kappa shape index (κ1) is 14.7. The van der Waals surface area contributed by atoms with E-state index in [1.54, 1.807) is 0 Å². The van der Waals surface area contributed by atoms with E-state index in [2.05, 4.69) is 15.9 Å². The third kappa shape index (κ3) is 4.47. The molecule has 100 valence electrons. The number of carbonyl (C=O) groups is 1. The van der Waals surface area contributed by atoms with Crippen molar-refractivity contribution in [3.05, 3.63) is 28.2 Å². The van der Waals surface area contributed by atoms with Crippen LogP contribution in [0, 0.1) is 11.6 Å². The summed E-state index contributed by atoms with van der Waals surface area (Å²) < 4.78 is 61.0. The molecule has 2 N–H and O–H groups in total. The molecule has 0 spiro atoms. The molecule has 0 saturated carbocycles. The van der Waals surface area contributed by atoms with Crippen LogP contribution in [0.3, 0.4) is 0 Å². The molecule has 0 aliphatic carbocycles. The van der Waals surface area contributed by atoms with Crippen molar-refractivity contribution in [2.45, 2.75) is 6.18 Å². The van der Waals surface area contributed by atoms with Crippen LogP contribution in [-0.2, 0) is 0 Å². The summed E-state index contributed by atoms with van der Waals surface area (Å²) in [5, 5.41) is 3.38. The summed E-state index contributed by atoms with van der Waals surface area (Å²) in [6.07, 6.45) is -4.57. The number of carbonyl (C=O) groups excluding carboxylic acids is 1. The number of alkyl halides is 3. The van der Waals surface area contributed by atoms with Gasteiger partial charge in [-0.15, -0.1) is 0 Å². The Morgan fingerprint density at radius 1 is 1.28 bits per heavy atom. The molecule has 0 heterocycles. The van der Waals surface area contributed by atoms with E-state index < -0.39 is 30.4 Å². The third-order valence-corrected chi connectivity index (χ3v) is 2.50. The van der Waals surface area contributed by atoms with Gasteiger partial charge in [-0.25, -0.2) is 13.6 Å². The van der Waals surface area contributed by atoms with Crippen molar-refractivity contribution in [2.75, 3.05) is 11.9 Å². The van der Waals surface area contributed by atoms with Gasteiger partial charge in [0.25, 0.3) is 0 Å². The number of halogens is 6. The molecule has 2 amide bonds. The summed E-state index contributed by atoms with van der Waals surface area (Å²) in [6.45, 7) is -1.55. The van der Waals surface area contributed by atoms with Gasteiger partial charge in [-0.2, -0.15) is 13.2 Å². The average Bonchev–Trinajstić information content (AvgIpc) is 2.21. The number of nitrogens with one attached hydrogen (secondary N) is 2. The molecular weight excluding hydrogens is 327 g/mol. The molecule has 1 aromatic carbocycles. The molecule has 0 fully saturated rings. The van der Waals surface area contributed by atoms with Crippen molar-refractivity contribution in [1.29, 1.82) is 0 Å². The zero-order valence-electron chi connectivity index (χ0n) is 8.54. The lowest BCUT2D eigenvalue weighted by Gasteiger charge is -2.11. The molecule has 0 bridgehead atoms. The highest BCUT2D eigenvalue weighted by molar-refractivity contribution is 9.10. The second kappa shape index (κ2) is 5.51. The molecule has 9 heteroatoms. The lowest BCUT2D eigenvalue weighted by molar-refractivity contribution is -0.122. The van der Waals surface area contributed by atoms with Crippen LogP contribution in [0.5, 0.6) is 0 Å². The maximum Gasteiger partial charge on any atom is 0.405 e. The molecule has 1 rings (SSSR count). The Morgan fingerprint density at radius 2 is 1.89 bits per heavy atom. The molecule has 1 aromatic rings. The molecule has 18 heavy (non-hydrogen) atoms. The number of amides is 2. The van der Waals surface area contributed by atoms with Crippen LogP contribution in [0.4, 0.5) is 32.4 Å². The highest BCUT2D eigenvalue weighted by Crippen LogP contribution is 2.26. The normalized spacial score (nSPS) is 11.2. The van der Waals surface area contributed by atoms with Crippen molar-refractivity contribution in [3.63, 3.8) is 0 Å². The van der Waals surface area contributed by atoms with Crippen molar-refractivity contribution >= 4 is 27.6 Å². The van der Waals surface area contributed by atoms with E-state index in [-0.39, 0.29) is 10.2 Å². The van der Waals surface area contributed by atoms with Gasteiger partial charge in [0.1, 0.15) is 18.2 Å². The lowest BCUT2D eigenvalue weighted by Crippen LogP contribution is -2.36. The summed E-state index contributed by atoms with van der Waals surface area (Å²) in [7, 11) is 0. The van der Waals surface area contributed by atoms with Gasteiger partial charge in [0.2, 0.25) is 0 Å². The van der Waals surface area contributed by atoms with Gasteiger partial charge in [-0.3, -0.25) is 0 Å². The summed E-state index contributed by atoms with van der Waals surface area (Å²) in [4.78, 5) is 11.0. The summed E-state index contributed by atoms with van der Waals surface area (Å²) in [5.74, 6) is -1.96. The molecule has 3 nitrogen and oxygen atoms in total. The van der Waals surface area contributed by atoms with Crippen LogP contribution in [-0.4, -0.2) is 18.8 Å². The summed E-state index contributed by atoms with van der Waals surface area (Å²) in [5.41, 5.74) is -0.313. The molecule has 0 unspecified atom stereocenters. The maximum atomic E-state index is 13.0. The Hall–Kier alpha value is -1.38. The van der Waals surface area contributed by atoms with Crippen LogP contribution in [0.15, 0.2) is 16.6 Å². The standard InChI is InChI=1S/C9H6BrF5N2O/c10-7-5(12)1-4(11)2-6(7)17-8(18)16-3-9(13,14)15/h1-2H,3H2,(H2,16,17,18). The topological polar surface area (TPSA) is 41.1 Å². The molecule has 0 aliphatic rings. The predicted molar refractivity (Wildman–Crippen MR) is 57.1 cm³/mol. The Kier molecular flexibility index (Phi) is 4.49. The van der Waals surface area contributed by atoms with Crippen LogP contribution >= 0.6 is 15.9 Å². The minimum absolute atomic E-state index is 0.258. The van der Waals surface area contributed by atoms with Gasteiger partial charge in [0, 0.05) is 6.07 Å². The van der Waals surface area contributed by atoms with E-state index in [4.69, 9.17) is 0 Å². The van der Waals surface area contributed by atoms with Gasteiger partial charge < -0.3 is 10.6 Å². The Bertz CT molecular complexity index is 463. The third-order valence-electron chi connectivity index (χ3n) is 1.69. The molecular formula is C9H6BrF5N2O. The van der Waals surface area contributed by atoms with Crippen LogP contribution in [0.2, 0.25) is 0 Å². The minimum atomic E-state index is -4.57. The first-order valence-corrected chi connectivity index (χ1v) is 5.24. The maximum absolute atomic E-state index is 13.0. The molecule has 0 aromatic heterocycles. The second-order valence-electron chi connectivity index (χ2n) is 3.17. The fourth-order valence-electron chi connectivity index (χ4n) is 0.994. The number of urea groups is 1. The highest BCUT2D eigenvalue weighted by Gasteiger charge is 2.27. The zero-order valence-corrected chi connectivity index (χ0v) is 10.1. The van der Waals surface area contributed by atoms with E-state index in [9.17, 15) is 26.7 Å². The Morgan fingerprint density at radius 3 is 2.44 bits per heavy atom. The number of hydrogen-bond acceptors (Lipinski definition) is 1. The van der Waals surface area contributed by atoms with E-state index in [0.29, 0.717) is 6.07 Å². The molecule has 0 aliphatic heterocycles. The Labute approximate surface area is 106 Å². The minimum Gasteiger partial charge on any atom is -0.329 e. The SMILES string of the molecule is O=C(NCC(F)(F)F)Nc1cc(F)cc(F)c1Br. The van der Waals surface area contributed by atoms with Crippen molar-refractivity contribution in [2.24, 2.45) is 0 Å². The fourth-order valence-corrected chi connectivity index (χ4v) is 1.32. The summed E-state index contributed by atoms with van der Waals surface area (Å²) >= 11 is 2.73. The average molecular weight is 333 g/mol. The largest absolute Gasteiger partial charge is 0.405 e. The number of rotatable bonds is 2. The van der Waals surface area contributed by atoms with Crippen molar-refractivity contribution < 1.29 is 26.7 Å². The first-order chi connectivity index (χ1) is 8.19. The van der Waals surface area contributed by atoms with Crippen LogP contribution in [0.1, 0.15) is 0 Å². The van der Waals surface area contributed by atoms with Gasteiger partial charge in [0.05, 0.1) is 10.2 Å². The van der Waals surface area contributed by atoms with Crippen LogP contribution < -0.4 is 10.6 Å². The Balaban J connectivity index is 2.71. The zero-order chi connectivity index (χ0) is 13.9. The quantitative estimate of drug-likeness (QED) is 0.632. The first-order valence-electron chi connectivity index (χ1n) is 4.45. The number of anilines is 1. The monoisotopic (exact) mass is 332 g/mol. The van der Waals surface area contributed by atoms with Gasteiger partial charge in [-0.1, -0.05) is 0 Å². The smallest absolute Gasteiger partial charge is 0.329 e. The van der Waals surface area contributed by atoms with Gasteiger partial charge in [-0.05, 0) is 22.0 Å². The number of hydrogen-bond donors (Lipinski definition) is 2. The molecule has 0 saturated heterocycles. The van der Waals surface area contributed by atoms with E-state index in [1.165, 1.54) is 5.32 Å². The van der Waals surface area contributed by atoms with Crippen molar-refractivity contribution in [3.8, 4) is 0 Å². The molecule has 0 atom stereocenters. The second-order valence-corrected chi connectivity index (χ2v) is 3.97.